The van der Waals surface area contributed by atoms with Gasteiger partial charge in [-0.3, -0.25) is 4.79 Å². The number of carbonyl (C=O) groups is 1. The van der Waals surface area contributed by atoms with Crippen molar-refractivity contribution < 1.29 is 9.53 Å². The van der Waals surface area contributed by atoms with Gasteiger partial charge in [0, 0.05) is 10.9 Å². The maximum Gasteiger partial charge on any atom is 0.312 e. The maximum atomic E-state index is 11.4. The molecule has 1 aromatic carbocycles. The van der Waals surface area contributed by atoms with E-state index in [2.05, 4.69) is 4.98 Å². The number of esters is 1. The Balaban J connectivity index is 2.16. The minimum Gasteiger partial charge on any atom is -0.466 e. The number of hydrogen-bond donors (Lipinski definition) is 0. The van der Waals surface area contributed by atoms with Crippen molar-refractivity contribution in [2.24, 2.45) is 0 Å². The largest absolute Gasteiger partial charge is 0.466 e. The fourth-order valence-electron chi connectivity index (χ4n) is 1.52. The maximum absolute atomic E-state index is 11.4. The monoisotopic (exact) mass is 315 g/mol. The molecule has 0 bridgehead atoms. The van der Waals surface area contributed by atoms with Crippen LogP contribution in [0, 0.1) is 0 Å². The van der Waals surface area contributed by atoms with Crippen LogP contribution in [-0.4, -0.2) is 17.6 Å². The average Bonchev–Trinajstić information content (AvgIpc) is 2.81. The van der Waals surface area contributed by atoms with Crippen molar-refractivity contribution >= 4 is 40.5 Å². The summed E-state index contributed by atoms with van der Waals surface area (Å²) in [6, 6.07) is 5.33. The number of rotatable bonds is 4. The Morgan fingerprint density at radius 2 is 2.16 bits per heavy atom. The SMILES string of the molecule is CCOC(=O)Cc1nc(-c2ccc(Cl)c(Cl)c2)cs1. The van der Waals surface area contributed by atoms with Gasteiger partial charge < -0.3 is 4.74 Å². The van der Waals surface area contributed by atoms with Gasteiger partial charge in [0.2, 0.25) is 0 Å². The highest BCUT2D eigenvalue weighted by atomic mass is 35.5. The first-order chi connectivity index (χ1) is 9.10. The summed E-state index contributed by atoms with van der Waals surface area (Å²) in [6.07, 6.45) is 0.194. The molecule has 0 unspecified atom stereocenters. The second-order valence-corrected chi connectivity index (χ2v) is 5.49. The van der Waals surface area contributed by atoms with Gasteiger partial charge in [-0.1, -0.05) is 29.3 Å². The Morgan fingerprint density at radius 3 is 2.84 bits per heavy atom. The van der Waals surface area contributed by atoms with Gasteiger partial charge in [0.25, 0.3) is 0 Å². The summed E-state index contributed by atoms with van der Waals surface area (Å²) in [4.78, 5) is 15.8. The first kappa shape index (κ1) is 14.3. The molecule has 0 saturated heterocycles. The van der Waals surface area contributed by atoms with Crippen molar-refractivity contribution in [1.82, 2.24) is 4.98 Å². The Kier molecular flexibility index (Phi) is 4.80. The zero-order chi connectivity index (χ0) is 13.8. The highest BCUT2D eigenvalue weighted by Gasteiger charge is 2.10. The topological polar surface area (TPSA) is 39.2 Å². The summed E-state index contributed by atoms with van der Waals surface area (Å²) in [5, 5.41) is 3.60. The van der Waals surface area contributed by atoms with Crippen LogP contribution >= 0.6 is 34.5 Å². The summed E-state index contributed by atoms with van der Waals surface area (Å²) in [5.74, 6) is -0.266. The summed E-state index contributed by atoms with van der Waals surface area (Å²) >= 11 is 13.3. The molecule has 0 amide bonds. The van der Waals surface area contributed by atoms with Crippen LogP contribution in [0.2, 0.25) is 10.0 Å². The normalized spacial score (nSPS) is 10.5. The molecule has 1 heterocycles. The lowest BCUT2D eigenvalue weighted by atomic mass is 10.2. The zero-order valence-electron chi connectivity index (χ0n) is 10.2. The van der Waals surface area contributed by atoms with E-state index < -0.39 is 0 Å². The lowest BCUT2D eigenvalue weighted by Crippen LogP contribution is -2.07. The van der Waals surface area contributed by atoms with E-state index in [0.717, 1.165) is 16.3 Å². The predicted molar refractivity (Wildman–Crippen MR) is 77.9 cm³/mol. The van der Waals surface area contributed by atoms with Crippen LogP contribution < -0.4 is 0 Å². The second kappa shape index (κ2) is 6.37. The van der Waals surface area contributed by atoms with Crippen LogP contribution in [0.3, 0.4) is 0 Å². The lowest BCUT2D eigenvalue weighted by molar-refractivity contribution is -0.142. The van der Waals surface area contributed by atoms with E-state index in [4.69, 9.17) is 27.9 Å². The molecule has 1 aromatic heterocycles. The number of aromatic nitrogens is 1. The minimum atomic E-state index is -0.266. The number of hydrogen-bond acceptors (Lipinski definition) is 4. The fraction of sp³-hybridized carbons (Fsp3) is 0.231. The molecule has 0 aliphatic carbocycles. The molecule has 0 spiro atoms. The fourth-order valence-corrected chi connectivity index (χ4v) is 2.60. The van der Waals surface area contributed by atoms with Gasteiger partial charge in [-0.15, -0.1) is 11.3 Å². The number of nitrogens with zero attached hydrogens (tertiary/aromatic N) is 1. The Labute approximate surface area is 125 Å². The van der Waals surface area contributed by atoms with Gasteiger partial charge in [0.1, 0.15) is 5.01 Å². The van der Waals surface area contributed by atoms with Gasteiger partial charge in [-0.25, -0.2) is 4.98 Å². The third kappa shape index (κ3) is 3.69. The molecular weight excluding hydrogens is 305 g/mol. The summed E-state index contributed by atoms with van der Waals surface area (Å²) < 4.78 is 4.88. The Morgan fingerprint density at radius 1 is 1.37 bits per heavy atom. The number of carbonyl (C=O) groups excluding carboxylic acids is 1. The molecule has 0 atom stereocenters. The molecule has 19 heavy (non-hydrogen) atoms. The van der Waals surface area contributed by atoms with Gasteiger partial charge >= 0.3 is 5.97 Å². The standard InChI is InChI=1S/C13H11Cl2NO2S/c1-2-18-13(17)6-12-16-11(7-19-12)8-3-4-9(14)10(15)5-8/h3-5,7H,2,6H2,1H3. The zero-order valence-corrected chi connectivity index (χ0v) is 12.5. The van der Waals surface area contributed by atoms with Gasteiger partial charge in [0.05, 0.1) is 28.8 Å². The quantitative estimate of drug-likeness (QED) is 0.793. The first-order valence-corrected chi connectivity index (χ1v) is 7.29. The number of benzene rings is 1. The van der Waals surface area contributed by atoms with E-state index in [1.807, 2.05) is 11.4 Å². The molecule has 6 heteroatoms. The third-order valence-corrected chi connectivity index (χ3v) is 3.96. The van der Waals surface area contributed by atoms with Crippen LogP contribution in [0.5, 0.6) is 0 Å². The van der Waals surface area contributed by atoms with Gasteiger partial charge in [0.15, 0.2) is 0 Å². The molecule has 0 aliphatic heterocycles. The van der Waals surface area contributed by atoms with Crippen molar-refractivity contribution in [3.05, 3.63) is 38.6 Å². The third-order valence-electron chi connectivity index (χ3n) is 2.37. The van der Waals surface area contributed by atoms with Crippen LogP contribution in [0.25, 0.3) is 11.3 Å². The molecule has 2 rings (SSSR count). The van der Waals surface area contributed by atoms with Crippen molar-refractivity contribution in [1.29, 1.82) is 0 Å². The molecule has 0 N–H and O–H groups in total. The first-order valence-electron chi connectivity index (χ1n) is 5.65. The van der Waals surface area contributed by atoms with Crippen molar-refractivity contribution in [3.8, 4) is 11.3 Å². The molecule has 3 nitrogen and oxygen atoms in total. The van der Waals surface area contributed by atoms with Crippen molar-refractivity contribution in [3.63, 3.8) is 0 Å². The van der Waals surface area contributed by atoms with E-state index in [0.29, 0.717) is 16.7 Å². The molecule has 0 saturated carbocycles. The van der Waals surface area contributed by atoms with Crippen molar-refractivity contribution in [2.45, 2.75) is 13.3 Å². The molecule has 0 radical (unpaired) electrons. The van der Waals surface area contributed by atoms with Crippen LogP contribution in [0.15, 0.2) is 23.6 Å². The molecule has 0 aliphatic rings. The van der Waals surface area contributed by atoms with Crippen LogP contribution in [0.1, 0.15) is 11.9 Å². The summed E-state index contributed by atoms with van der Waals surface area (Å²) in [5.41, 5.74) is 1.66. The smallest absolute Gasteiger partial charge is 0.312 e. The number of ether oxygens (including phenoxy) is 1. The van der Waals surface area contributed by atoms with E-state index in [-0.39, 0.29) is 12.4 Å². The predicted octanol–water partition coefficient (Wildman–Crippen LogP) is 4.22. The highest BCUT2D eigenvalue weighted by molar-refractivity contribution is 7.10. The number of thiazole rings is 1. The van der Waals surface area contributed by atoms with E-state index in [1.54, 1.807) is 19.1 Å². The lowest BCUT2D eigenvalue weighted by Gasteiger charge is -2.00. The Bertz CT molecular complexity index is 598. The second-order valence-electron chi connectivity index (χ2n) is 3.74. The van der Waals surface area contributed by atoms with Crippen molar-refractivity contribution in [2.75, 3.05) is 6.61 Å². The van der Waals surface area contributed by atoms with Crippen LogP contribution in [-0.2, 0) is 16.0 Å². The average molecular weight is 316 g/mol. The number of halogens is 2. The minimum absolute atomic E-state index is 0.194. The summed E-state index contributed by atoms with van der Waals surface area (Å²) in [6.45, 7) is 2.16. The Hall–Kier alpha value is -1.10. The van der Waals surface area contributed by atoms with Crippen LogP contribution in [0.4, 0.5) is 0 Å². The highest BCUT2D eigenvalue weighted by Crippen LogP contribution is 2.29. The molecule has 0 fully saturated rings. The molecular formula is C13H11Cl2NO2S. The summed E-state index contributed by atoms with van der Waals surface area (Å²) in [7, 11) is 0. The van der Waals surface area contributed by atoms with E-state index in [9.17, 15) is 4.79 Å². The molecule has 100 valence electrons. The van der Waals surface area contributed by atoms with Gasteiger partial charge in [-0.05, 0) is 19.1 Å². The van der Waals surface area contributed by atoms with Gasteiger partial charge in [-0.2, -0.15) is 0 Å². The van der Waals surface area contributed by atoms with E-state index in [1.165, 1.54) is 11.3 Å². The van der Waals surface area contributed by atoms with E-state index >= 15 is 0 Å². The molecule has 2 aromatic rings.